The molecular formula is C10H12BrNO2. The average Bonchev–Trinajstić information content (AvgIpc) is 2.08. The van der Waals surface area contributed by atoms with Gasteiger partial charge >= 0.3 is 0 Å². The lowest BCUT2D eigenvalue weighted by Gasteiger charge is -2.07. The number of halogens is 1. The molecule has 14 heavy (non-hydrogen) atoms. The SMILES string of the molecule is Cc1cc(Br)ccc1OCCC(N)=O. The molecule has 0 saturated carbocycles. The van der Waals surface area contributed by atoms with E-state index in [2.05, 4.69) is 15.9 Å². The number of hydrogen-bond acceptors (Lipinski definition) is 2. The van der Waals surface area contributed by atoms with E-state index in [1.165, 1.54) is 0 Å². The molecule has 2 N–H and O–H groups in total. The third-order valence-electron chi connectivity index (χ3n) is 1.74. The van der Waals surface area contributed by atoms with Crippen LogP contribution in [0.4, 0.5) is 0 Å². The molecule has 0 radical (unpaired) electrons. The fourth-order valence-corrected chi connectivity index (χ4v) is 1.51. The Balaban J connectivity index is 2.55. The second kappa shape index (κ2) is 5.00. The first-order valence-electron chi connectivity index (χ1n) is 4.27. The summed E-state index contributed by atoms with van der Waals surface area (Å²) in [7, 11) is 0. The molecule has 0 aliphatic carbocycles. The zero-order valence-corrected chi connectivity index (χ0v) is 9.50. The molecule has 4 heteroatoms. The molecule has 1 rings (SSSR count). The summed E-state index contributed by atoms with van der Waals surface area (Å²) in [5.74, 6) is 0.439. The van der Waals surface area contributed by atoms with Crippen LogP contribution < -0.4 is 10.5 Å². The van der Waals surface area contributed by atoms with Gasteiger partial charge in [0.2, 0.25) is 5.91 Å². The van der Waals surface area contributed by atoms with Gasteiger partial charge in [-0.1, -0.05) is 15.9 Å². The molecule has 1 amide bonds. The topological polar surface area (TPSA) is 52.3 Å². The van der Waals surface area contributed by atoms with Crippen LogP contribution in [0.15, 0.2) is 22.7 Å². The summed E-state index contributed by atoms with van der Waals surface area (Å²) in [4.78, 5) is 10.5. The van der Waals surface area contributed by atoms with Crippen LogP contribution in [0.5, 0.6) is 5.75 Å². The number of nitrogens with two attached hydrogens (primary N) is 1. The van der Waals surface area contributed by atoms with Crippen LogP contribution in [0, 0.1) is 6.92 Å². The standard InChI is InChI=1S/C10H12BrNO2/c1-7-6-8(11)2-3-9(7)14-5-4-10(12)13/h2-3,6H,4-5H2,1H3,(H2,12,13). The summed E-state index contributed by atoms with van der Waals surface area (Å²) in [5, 5.41) is 0. The molecular weight excluding hydrogens is 246 g/mol. The van der Waals surface area contributed by atoms with E-state index in [0.717, 1.165) is 15.8 Å². The summed E-state index contributed by atoms with van der Waals surface area (Å²) >= 11 is 3.36. The van der Waals surface area contributed by atoms with Crippen LogP contribution in [0.1, 0.15) is 12.0 Å². The molecule has 0 bridgehead atoms. The molecule has 0 aromatic heterocycles. The van der Waals surface area contributed by atoms with Crippen molar-refractivity contribution in [3.63, 3.8) is 0 Å². The summed E-state index contributed by atoms with van der Waals surface area (Å²) < 4.78 is 6.39. The Morgan fingerprint density at radius 2 is 2.29 bits per heavy atom. The van der Waals surface area contributed by atoms with Gasteiger partial charge in [0.1, 0.15) is 5.75 Å². The number of benzene rings is 1. The zero-order valence-electron chi connectivity index (χ0n) is 7.92. The predicted octanol–water partition coefficient (Wildman–Crippen LogP) is 2.01. The highest BCUT2D eigenvalue weighted by Crippen LogP contribution is 2.22. The molecule has 3 nitrogen and oxygen atoms in total. The Kier molecular flexibility index (Phi) is 3.95. The van der Waals surface area contributed by atoms with E-state index in [9.17, 15) is 4.79 Å². The largest absolute Gasteiger partial charge is 0.493 e. The Labute approximate surface area is 91.4 Å². The van der Waals surface area contributed by atoms with E-state index < -0.39 is 0 Å². The van der Waals surface area contributed by atoms with Crippen molar-refractivity contribution >= 4 is 21.8 Å². The fourth-order valence-electron chi connectivity index (χ4n) is 1.04. The predicted molar refractivity (Wildman–Crippen MR) is 58.2 cm³/mol. The summed E-state index contributed by atoms with van der Waals surface area (Å²) in [6.45, 7) is 2.28. The molecule has 0 unspecified atom stereocenters. The number of rotatable bonds is 4. The van der Waals surface area contributed by atoms with Gasteiger partial charge in [-0.3, -0.25) is 4.79 Å². The minimum Gasteiger partial charge on any atom is -0.493 e. The molecule has 0 atom stereocenters. The van der Waals surface area contributed by atoms with Crippen molar-refractivity contribution in [1.29, 1.82) is 0 Å². The van der Waals surface area contributed by atoms with Gasteiger partial charge in [-0.25, -0.2) is 0 Å². The Morgan fingerprint density at radius 1 is 1.57 bits per heavy atom. The average molecular weight is 258 g/mol. The minimum atomic E-state index is -0.347. The lowest BCUT2D eigenvalue weighted by Crippen LogP contribution is -2.14. The smallest absolute Gasteiger partial charge is 0.220 e. The Hall–Kier alpha value is -1.03. The lowest BCUT2D eigenvalue weighted by molar-refractivity contribution is -0.118. The van der Waals surface area contributed by atoms with E-state index in [4.69, 9.17) is 10.5 Å². The van der Waals surface area contributed by atoms with Gasteiger partial charge in [0, 0.05) is 4.47 Å². The van der Waals surface area contributed by atoms with Gasteiger partial charge < -0.3 is 10.5 Å². The number of amides is 1. The normalized spacial score (nSPS) is 9.86. The maximum absolute atomic E-state index is 10.5. The third kappa shape index (κ3) is 3.38. The summed E-state index contributed by atoms with van der Waals surface area (Å²) in [6, 6.07) is 5.71. The van der Waals surface area contributed by atoms with Gasteiger partial charge in [-0.15, -0.1) is 0 Å². The first kappa shape index (κ1) is 11.0. The molecule has 1 aromatic carbocycles. The molecule has 0 fully saturated rings. The Morgan fingerprint density at radius 3 is 2.86 bits per heavy atom. The number of carbonyl (C=O) groups is 1. The monoisotopic (exact) mass is 257 g/mol. The van der Waals surface area contributed by atoms with Crippen molar-refractivity contribution in [2.24, 2.45) is 5.73 Å². The minimum absolute atomic E-state index is 0.246. The van der Waals surface area contributed by atoms with Crippen LogP contribution >= 0.6 is 15.9 Å². The maximum atomic E-state index is 10.5. The van der Waals surface area contributed by atoms with Crippen molar-refractivity contribution in [1.82, 2.24) is 0 Å². The van der Waals surface area contributed by atoms with Crippen LogP contribution in [0.3, 0.4) is 0 Å². The summed E-state index contributed by atoms with van der Waals surface area (Å²) in [6.07, 6.45) is 0.246. The van der Waals surface area contributed by atoms with Crippen LogP contribution in [0.2, 0.25) is 0 Å². The van der Waals surface area contributed by atoms with Gasteiger partial charge in [-0.05, 0) is 30.7 Å². The first-order valence-corrected chi connectivity index (χ1v) is 5.06. The fraction of sp³-hybridized carbons (Fsp3) is 0.300. The Bertz CT molecular complexity index is 339. The molecule has 0 spiro atoms. The van der Waals surface area contributed by atoms with E-state index >= 15 is 0 Å². The molecule has 76 valence electrons. The van der Waals surface area contributed by atoms with Gasteiger partial charge in [0.25, 0.3) is 0 Å². The van der Waals surface area contributed by atoms with Gasteiger partial charge in [0.15, 0.2) is 0 Å². The van der Waals surface area contributed by atoms with Crippen molar-refractivity contribution in [3.8, 4) is 5.75 Å². The highest BCUT2D eigenvalue weighted by molar-refractivity contribution is 9.10. The first-order chi connectivity index (χ1) is 6.59. The highest BCUT2D eigenvalue weighted by Gasteiger charge is 2.00. The highest BCUT2D eigenvalue weighted by atomic mass is 79.9. The second-order valence-corrected chi connectivity index (χ2v) is 3.89. The number of ether oxygens (including phenoxy) is 1. The molecule has 0 saturated heterocycles. The quantitative estimate of drug-likeness (QED) is 0.898. The van der Waals surface area contributed by atoms with Crippen molar-refractivity contribution < 1.29 is 9.53 Å². The molecule has 1 aromatic rings. The van der Waals surface area contributed by atoms with Crippen molar-refractivity contribution in [2.75, 3.05) is 6.61 Å². The lowest BCUT2D eigenvalue weighted by atomic mass is 10.2. The van der Waals surface area contributed by atoms with E-state index in [0.29, 0.717) is 6.61 Å². The molecule has 0 heterocycles. The van der Waals surface area contributed by atoms with E-state index in [1.807, 2.05) is 25.1 Å². The van der Waals surface area contributed by atoms with Crippen LogP contribution in [-0.2, 0) is 4.79 Å². The van der Waals surface area contributed by atoms with E-state index in [-0.39, 0.29) is 12.3 Å². The number of carbonyl (C=O) groups excluding carboxylic acids is 1. The van der Waals surface area contributed by atoms with Gasteiger partial charge in [-0.2, -0.15) is 0 Å². The summed E-state index contributed by atoms with van der Waals surface area (Å²) in [5.41, 5.74) is 6.02. The number of aryl methyl sites for hydroxylation is 1. The van der Waals surface area contributed by atoms with Crippen molar-refractivity contribution in [3.05, 3.63) is 28.2 Å². The van der Waals surface area contributed by atoms with Gasteiger partial charge in [0.05, 0.1) is 13.0 Å². The number of primary amides is 1. The van der Waals surface area contributed by atoms with Crippen LogP contribution in [-0.4, -0.2) is 12.5 Å². The number of hydrogen-bond donors (Lipinski definition) is 1. The van der Waals surface area contributed by atoms with Crippen molar-refractivity contribution in [2.45, 2.75) is 13.3 Å². The maximum Gasteiger partial charge on any atom is 0.220 e. The zero-order chi connectivity index (χ0) is 10.6. The third-order valence-corrected chi connectivity index (χ3v) is 2.24. The molecule has 0 aliphatic rings. The van der Waals surface area contributed by atoms with Crippen LogP contribution in [0.25, 0.3) is 0 Å². The van der Waals surface area contributed by atoms with E-state index in [1.54, 1.807) is 0 Å². The second-order valence-electron chi connectivity index (χ2n) is 2.97. The molecule has 0 aliphatic heterocycles.